The van der Waals surface area contributed by atoms with Crippen LogP contribution in [0.15, 0.2) is 30.3 Å². The lowest BCUT2D eigenvalue weighted by molar-refractivity contribution is 0.520. The van der Waals surface area contributed by atoms with Crippen molar-refractivity contribution in [3.8, 4) is 0 Å². The molecule has 1 aromatic rings. The monoisotopic (exact) mass is 193 g/mol. The van der Waals surface area contributed by atoms with Gasteiger partial charge < -0.3 is 16.8 Å². The molecule has 0 aromatic heterocycles. The summed E-state index contributed by atoms with van der Waals surface area (Å²) >= 11 is 0. The van der Waals surface area contributed by atoms with Crippen molar-refractivity contribution in [1.82, 2.24) is 5.32 Å². The second-order valence-electron chi connectivity index (χ2n) is 3.54. The first kappa shape index (κ1) is 11.2. The largest absolute Gasteiger partial charge is 0.329 e. The van der Waals surface area contributed by atoms with Crippen LogP contribution in [0.25, 0.3) is 0 Å². The van der Waals surface area contributed by atoms with Crippen molar-refractivity contribution in [2.45, 2.75) is 19.0 Å². The highest BCUT2D eigenvalue weighted by atomic mass is 14.9. The summed E-state index contributed by atoms with van der Waals surface area (Å²) in [6.07, 6.45) is 0. The van der Waals surface area contributed by atoms with E-state index in [4.69, 9.17) is 11.5 Å². The Labute approximate surface area is 85.5 Å². The third-order valence-corrected chi connectivity index (χ3v) is 2.29. The predicted molar refractivity (Wildman–Crippen MR) is 59.9 cm³/mol. The van der Waals surface area contributed by atoms with Crippen molar-refractivity contribution in [3.63, 3.8) is 0 Å². The summed E-state index contributed by atoms with van der Waals surface area (Å²) in [5.74, 6) is 0. The first-order valence-electron chi connectivity index (χ1n) is 4.98. The average Bonchev–Trinajstić information content (AvgIpc) is 2.26. The van der Waals surface area contributed by atoms with E-state index in [0.717, 1.165) is 6.54 Å². The minimum absolute atomic E-state index is 0.0427. The maximum Gasteiger partial charge on any atom is 0.0292 e. The van der Waals surface area contributed by atoms with Crippen LogP contribution in [0.5, 0.6) is 0 Å². The van der Waals surface area contributed by atoms with Crippen LogP contribution in [0.3, 0.4) is 0 Å². The van der Waals surface area contributed by atoms with E-state index >= 15 is 0 Å². The van der Waals surface area contributed by atoms with Crippen LogP contribution in [0.4, 0.5) is 0 Å². The van der Waals surface area contributed by atoms with Gasteiger partial charge in [-0.2, -0.15) is 0 Å². The van der Waals surface area contributed by atoms with Crippen molar-refractivity contribution in [2.24, 2.45) is 11.5 Å². The third kappa shape index (κ3) is 3.46. The first-order chi connectivity index (χ1) is 6.74. The van der Waals surface area contributed by atoms with Gasteiger partial charge in [-0.05, 0) is 12.5 Å². The molecule has 14 heavy (non-hydrogen) atoms. The maximum atomic E-state index is 5.71. The lowest BCUT2D eigenvalue weighted by atomic mass is 10.1. The van der Waals surface area contributed by atoms with E-state index in [0.29, 0.717) is 12.6 Å². The van der Waals surface area contributed by atoms with E-state index in [2.05, 4.69) is 24.4 Å². The van der Waals surface area contributed by atoms with E-state index < -0.39 is 0 Å². The van der Waals surface area contributed by atoms with Gasteiger partial charge in [0.15, 0.2) is 0 Å². The van der Waals surface area contributed by atoms with Crippen LogP contribution in [0.1, 0.15) is 18.5 Å². The summed E-state index contributed by atoms with van der Waals surface area (Å²) in [6.45, 7) is 3.40. The number of nitrogens with one attached hydrogen (secondary N) is 1. The third-order valence-electron chi connectivity index (χ3n) is 2.29. The van der Waals surface area contributed by atoms with Crippen molar-refractivity contribution in [1.29, 1.82) is 0 Å². The predicted octanol–water partition coefficient (Wildman–Crippen LogP) is 0.623. The fourth-order valence-electron chi connectivity index (χ4n) is 1.27. The van der Waals surface area contributed by atoms with Crippen LogP contribution in [0.2, 0.25) is 0 Å². The van der Waals surface area contributed by atoms with Crippen molar-refractivity contribution in [2.75, 3.05) is 13.1 Å². The summed E-state index contributed by atoms with van der Waals surface area (Å²) < 4.78 is 0. The lowest BCUT2D eigenvalue weighted by Gasteiger charge is -2.16. The zero-order valence-corrected chi connectivity index (χ0v) is 8.61. The quantitative estimate of drug-likeness (QED) is 0.642. The van der Waals surface area contributed by atoms with Gasteiger partial charge in [0.1, 0.15) is 0 Å². The highest BCUT2D eigenvalue weighted by Crippen LogP contribution is 2.10. The van der Waals surface area contributed by atoms with Gasteiger partial charge in [-0.25, -0.2) is 0 Å². The Bertz CT molecular complexity index is 248. The second kappa shape index (κ2) is 5.75. The van der Waals surface area contributed by atoms with Gasteiger partial charge >= 0.3 is 0 Å². The molecule has 3 heteroatoms. The molecule has 2 unspecified atom stereocenters. The summed E-state index contributed by atoms with van der Waals surface area (Å²) in [5.41, 5.74) is 12.4. The standard InChI is InChI=1S/C11H19N3/c1-9(14-8-11(13)7-12)10-5-3-2-4-6-10/h2-6,9,11,14H,7-8,12-13H2,1H3. The maximum absolute atomic E-state index is 5.71. The van der Waals surface area contributed by atoms with Gasteiger partial charge in [-0.1, -0.05) is 30.3 Å². The Morgan fingerprint density at radius 3 is 2.50 bits per heavy atom. The fourth-order valence-corrected chi connectivity index (χ4v) is 1.27. The zero-order chi connectivity index (χ0) is 10.4. The molecule has 0 amide bonds. The number of rotatable bonds is 5. The van der Waals surface area contributed by atoms with E-state index in [-0.39, 0.29) is 6.04 Å². The topological polar surface area (TPSA) is 64.1 Å². The number of hydrogen-bond donors (Lipinski definition) is 3. The molecule has 78 valence electrons. The smallest absolute Gasteiger partial charge is 0.0292 e. The van der Waals surface area contributed by atoms with Gasteiger partial charge in [-0.15, -0.1) is 0 Å². The van der Waals surface area contributed by atoms with E-state index in [1.807, 2.05) is 18.2 Å². The molecule has 1 aromatic carbocycles. The minimum atomic E-state index is 0.0427. The van der Waals surface area contributed by atoms with Gasteiger partial charge in [0.05, 0.1) is 0 Å². The van der Waals surface area contributed by atoms with Gasteiger partial charge in [0.2, 0.25) is 0 Å². The van der Waals surface area contributed by atoms with Gasteiger partial charge in [-0.3, -0.25) is 0 Å². The molecule has 0 spiro atoms. The van der Waals surface area contributed by atoms with Gasteiger partial charge in [0, 0.05) is 25.2 Å². The molecule has 3 nitrogen and oxygen atoms in total. The Morgan fingerprint density at radius 2 is 1.93 bits per heavy atom. The molecule has 2 atom stereocenters. The number of nitrogens with two attached hydrogens (primary N) is 2. The molecule has 0 heterocycles. The van der Waals surface area contributed by atoms with Crippen LogP contribution in [-0.4, -0.2) is 19.1 Å². The summed E-state index contributed by atoms with van der Waals surface area (Å²) in [6, 6.07) is 10.7. The molecule has 5 N–H and O–H groups in total. The molecule has 0 aliphatic carbocycles. The zero-order valence-electron chi connectivity index (χ0n) is 8.61. The fraction of sp³-hybridized carbons (Fsp3) is 0.455. The molecule has 0 radical (unpaired) electrons. The molecule has 1 rings (SSSR count). The van der Waals surface area contributed by atoms with E-state index in [9.17, 15) is 0 Å². The highest BCUT2D eigenvalue weighted by molar-refractivity contribution is 5.17. The van der Waals surface area contributed by atoms with E-state index in [1.54, 1.807) is 0 Å². The highest BCUT2D eigenvalue weighted by Gasteiger charge is 2.05. The average molecular weight is 193 g/mol. The molecule has 0 fully saturated rings. The van der Waals surface area contributed by atoms with Crippen LogP contribution < -0.4 is 16.8 Å². The van der Waals surface area contributed by atoms with Crippen molar-refractivity contribution in [3.05, 3.63) is 35.9 Å². The molecular formula is C11H19N3. The first-order valence-corrected chi connectivity index (χ1v) is 4.98. The Balaban J connectivity index is 2.39. The van der Waals surface area contributed by atoms with Crippen LogP contribution in [0, 0.1) is 0 Å². The SMILES string of the molecule is CC(NCC(N)CN)c1ccccc1. The summed E-state index contributed by atoms with van der Waals surface area (Å²) in [7, 11) is 0. The Hall–Kier alpha value is -0.900. The lowest BCUT2D eigenvalue weighted by Crippen LogP contribution is -2.40. The molecule has 0 saturated carbocycles. The van der Waals surface area contributed by atoms with Crippen molar-refractivity contribution >= 4 is 0 Å². The summed E-state index contributed by atoms with van der Waals surface area (Å²) in [5, 5.41) is 3.34. The number of hydrogen-bond acceptors (Lipinski definition) is 3. The van der Waals surface area contributed by atoms with Crippen molar-refractivity contribution < 1.29 is 0 Å². The van der Waals surface area contributed by atoms with Crippen LogP contribution in [-0.2, 0) is 0 Å². The number of benzene rings is 1. The molecular weight excluding hydrogens is 174 g/mol. The van der Waals surface area contributed by atoms with E-state index in [1.165, 1.54) is 5.56 Å². The summed E-state index contributed by atoms with van der Waals surface area (Å²) in [4.78, 5) is 0. The second-order valence-corrected chi connectivity index (χ2v) is 3.54. The molecule has 0 saturated heterocycles. The Kier molecular flexibility index (Phi) is 4.59. The Morgan fingerprint density at radius 1 is 1.29 bits per heavy atom. The van der Waals surface area contributed by atoms with Gasteiger partial charge in [0.25, 0.3) is 0 Å². The molecule has 0 aliphatic rings. The minimum Gasteiger partial charge on any atom is -0.329 e. The molecule has 0 bridgehead atoms. The van der Waals surface area contributed by atoms with Crippen LogP contribution >= 0.6 is 0 Å². The molecule has 0 aliphatic heterocycles. The normalized spacial score (nSPS) is 15.1.